The van der Waals surface area contributed by atoms with E-state index in [1.165, 1.54) is 11.3 Å². The molecule has 7 heteroatoms. The second-order valence-corrected chi connectivity index (χ2v) is 7.23. The fraction of sp³-hybridized carbons (Fsp3) is 0.111. The third-order valence-electron chi connectivity index (χ3n) is 4.25. The van der Waals surface area contributed by atoms with Crippen LogP contribution >= 0.6 is 22.9 Å². The van der Waals surface area contributed by atoms with E-state index in [2.05, 4.69) is 4.98 Å². The van der Waals surface area contributed by atoms with Crippen molar-refractivity contribution < 1.29 is 9.47 Å². The van der Waals surface area contributed by atoms with Gasteiger partial charge in [-0.1, -0.05) is 35.1 Å². The molecule has 0 spiro atoms. The Labute approximate surface area is 150 Å². The SMILES string of the molecule is Cc1cccc2c1nc1s/c(=C\c3cc4c(cc3Cl)OCO4)c(=O)n12. The summed E-state index contributed by atoms with van der Waals surface area (Å²) in [7, 11) is 0. The Hall–Kier alpha value is -2.57. The number of para-hydroxylation sites is 1. The maximum atomic E-state index is 12.9. The predicted molar refractivity (Wildman–Crippen MR) is 97.9 cm³/mol. The van der Waals surface area contributed by atoms with Crippen LogP contribution in [0.3, 0.4) is 0 Å². The zero-order valence-corrected chi connectivity index (χ0v) is 14.6. The monoisotopic (exact) mass is 370 g/mol. The number of ether oxygens (including phenoxy) is 2. The van der Waals surface area contributed by atoms with E-state index >= 15 is 0 Å². The molecule has 5 rings (SSSR count). The van der Waals surface area contributed by atoms with E-state index in [4.69, 9.17) is 21.1 Å². The molecular formula is C18H11ClN2O3S. The first kappa shape index (κ1) is 14.7. The van der Waals surface area contributed by atoms with E-state index in [0.717, 1.165) is 16.6 Å². The fourth-order valence-corrected chi connectivity index (χ4v) is 4.19. The maximum Gasteiger partial charge on any atom is 0.274 e. The summed E-state index contributed by atoms with van der Waals surface area (Å²) in [4.78, 5) is 18.1. The van der Waals surface area contributed by atoms with Crippen LogP contribution in [0.1, 0.15) is 11.1 Å². The normalized spacial score (nSPS) is 14.1. The van der Waals surface area contributed by atoms with Gasteiger partial charge in [0.1, 0.15) is 0 Å². The van der Waals surface area contributed by atoms with Gasteiger partial charge in [0, 0.05) is 6.07 Å². The van der Waals surface area contributed by atoms with Crippen LogP contribution in [0.15, 0.2) is 35.1 Å². The Kier molecular flexibility index (Phi) is 3.07. The van der Waals surface area contributed by atoms with Gasteiger partial charge in [0.15, 0.2) is 16.5 Å². The number of imidazole rings is 1. The minimum Gasteiger partial charge on any atom is -0.454 e. The smallest absolute Gasteiger partial charge is 0.274 e. The van der Waals surface area contributed by atoms with Crippen LogP contribution in [0.25, 0.3) is 22.1 Å². The molecule has 0 saturated carbocycles. The average molecular weight is 371 g/mol. The van der Waals surface area contributed by atoms with E-state index < -0.39 is 0 Å². The zero-order chi connectivity index (χ0) is 17.1. The van der Waals surface area contributed by atoms with Gasteiger partial charge in [-0.15, -0.1) is 0 Å². The average Bonchev–Trinajstić information content (AvgIpc) is 3.25. The summed E-state index contributed by atoms with van der Waals surface area (Å²) in [6, 6.07) is 9.32. The number of aromatic nitrogens is 2. The van der Waals surface area contributed by atoms with E-state index in [9.17, 15) is 4.79 Å². The fourth-order valence-electron chi connectivity index (χ4n) is 3.01. The van der Waals surface area contributed by atoms with Gasteiger partial charge in [0.2, 0.25) is 6.79 Å². The van der Waals surface area contributed by atoms with E-state index in [-0.39, 0.29) is 12.4 Å². The summed E-state index contributed by atoms with van der Waals surface area (Å²) < 4.78 is 12.9. The van der Waals surface area contributed by atoms with Crippen molar-refractivity contribution in [3.8, 4) is 11.5 Å². The molecule has 3 heterocycles. The molecule has 0 atom stereocenters. The van der Waals surface area contributed by atoms with Crippen molar-refractivity contribution >= 4 is 45.0 Å². The molecule has 2 aromatic heterocycles. The number of benzene rings is 2. The van der Waals surface area contributed by atoms with Gasteiger partial charge in [-0.3, -0.25) is 4.79 Å². The summed E-state index contributed by atoms with van der Waals surface area (Å²) >= 11 is 7.66. The van der Waals surface area contributed by atoms with E-state index in [1.54, 1.807) is 22.6 Å². The Bertz CT molecular complexity index is 1280. The highest BCUT2D eigenvalue weighted by Gasteiger charge is 2.17. The molecule has 5 nitrogen and oxygen atoms in total. The molecule has 124 valence electrons. The van der Waals surface area contributed by atoms with E-state index in [1.807, 2.05) is 25.1 Å². The quantitative estimate of drug-likeness (QED) is 0.516. The topological polar surface area (TPSA) is 52.8 Å². The Morgan fingerprint density at radius 1 is 1.28 bits per heavy atom. The van der Waals surface area contributed by atoms with Crippen LogP contribution < -0.4 is 19.6 Å². The lowest BCUT2D eigenvalue weighted by molar-refractivity contribution is 0.174. The van der Waals surface area contributed by atoms with Gasteiger partial charge in [0.25, 0.3) is 5.56 Å². The minimum atomic E-state index is -0.0955. The third-order valence-corrected chi connectivity index (χ3v) is 5.55. The Balaban J connectivity index is 1.77. The first-order valence-electron chi connectivity index (χ1n) is 7.63. The number of hydrogen-bond donors (Lipinski definition) is 0. The van der Waals surface area contributed by atoms with Crippen LogP contribution in [0.2, 0.25) is 5.02 Å². The molecule has 0 saturated heterocycles. The van der Waals surface area contributed by atoms with Gasteiger partial charge >= 0.3 is 0 Å². The molecule has 25 heavy (non-hydrogen) atoms. The molecular weight excluding hydrogens is 360 g/mol. The summed E-state index contributed by atoms with van der Waals surface area (Å²) in [5.41, 5.74) is 3.36. The lowest BCUT2D eigenvalue weighted by Crippen LogP contribution is -2.22. The first-order chi connectivity index (χ1) is 12.1. The van der Waals surface area contributed by atoms with Crippen molar-refractivity contribution in [3.05, 3.63) is 61.4 Å². The number of halogens is 1. The summed E-state index contributed by atoms with van der Waals surface area (Å²) in [5.74, 6) is 1.25. The Morgan fingerprint density at radius 3 is 2.92 bits per heavy atom. The molecule has 0 amide bonds. The van der Waals surface area contributed by atoms with E-state index in [0.29, 0.717) is 31.6 Å². The van der Waals surface area contributed by atoms with Crippen LogP contribution in [0.5, 0.6) is 11.5 Å². The number of nitrogens with zero attached hydrogens (tertiary/aromatic N) is 2. The Morgan fingerprint density at radius 2 is 2.08 bits per heavy atom. The number of fused-ring (bicyclic) bond motifs is 4. The van der Waals surface area contributed by atoms with Gasteiger partial charge in [-0.05, 0) is 36.3 Å². The predicted octanol–water partition coefficient (Wildman–Crippen LogP) is 3.15. The van der Waals surface area contributed by atoms with Crippen LogP contribution in [0, 0.1) is 6.92 Å². The maximum absolute atomic E-state index is 12.9. The van der Waals surface area contributed by atoms with Crippen molar-refractivity contribution in [3.63, 3.8) is 0 Å². The summed E-state index contributed by atoms with van der Waals surface area (Å²) in [5, 5.41) is 0.510. The van der Waals surface area contributed by atoms with Crippen molar-refractivity contribution in [2.75, 3.05) is 6.79 Å². The van der Waals surface area contributed by atoms with Crippen LogP contribution in [-0.4, -0.2) is 16.2 Å². The summed E-state index contributed by atoms with van der Waals surface area (Å²) in [6.45, 7) is 2.17. The molecule has 0 radical (unpaired) electrons. The molecule has 0 aliphatic carbocycles. The molecule has 1 aliphatic heterocycles. The number of hydrogen-bond acceptors (Lipinski definition) is 5. The van der Waals surface area contributed by atoms with Crippen LogP contribution in [0.4, 0.5) is 0 Å². The van der Waals surface area contributed by atoms with Crippen molar-refractivity contribution in [1.29, 1.82) is 0 Å². The molecule has 4 aromatic rings. The third kappa shape index (κ3) is 2.14. The largest absolute Gasteiger partial charge is 0.454 e. The molecule has 0 bridgehead atoms. The highest BCUT2D eigenvalue weighted by atomic mass is 35.5. The number of thiazole rings is 1. The number of aryl methyl sites for hydroxylation is 1. The van der Waals surface area contributed by atoms with Gasteiger partial charge in [-0.25, -0.2) is 9.38 Å². The lowest BCUT2D eigenvalue weighted by atomic mass is 10.2. The standard InChI is InChI=1S/C18H11ClN2O3S/c1-9-3-2-4-12-16(9)20-18-21(12)17(22)15(25-18)6-10-5-13-14(7-11(10)19)24-8-23-13/h2-7H,8H2,1H3/b15-6-. The molecule has 2 aromatic carbocycles. The van der Waals surface area contributed by atoms with Gasteiger partial charge < -0.3 is 9.47 Å². The minimum absolute atomic E-state index is 0.0955. The first-order valence-corrected chi connectivity index (χ1v) is 8.83. The molecule has 0 N–H and O–H groups in total. The number of rotatable bonds is 1. The van der Waals surface area contributed by atoms with Gasteiger partial charge in [-0.2, -0.15) is 0 Å². The van der Waals surface area contributed by atoms with Crippen LogP contribution in [-0.2, 0) is 0 Å². The summed E-state index contributed by atoms with van der Waals surface area (Å²) in [6.07, 6.45) is 1.77. The molecule has 1 aliphatic rings. The van der Waals surface area contributed by atoms with Crippen molar-refractivity contribution in [2.24, 2.45) is 0 Å². The highest BCUT2D eigenvalue weighted by molar-refractivity contribution is 7.15. The zero-order valence-electron chi connectivity index (χ0n) is 13.1. The second kappa shape index (κ2) is 5.21. The molecule has 0 unspecified atom stereocenters. The second-order valence-electron chi connectivity index (χ2n) is 5.82. The van der Waals surface area contributed by atoms with Crippen molar-refractivity contribution in [1.82, 2.24) is 9.38 Å². The highest BCUT2D eigenvalue weighted by Crippen LogP contribution is 2.37. The lowest BCUT2D eigenvalue weighted by Gasteiger charge is -2.00. The van der Waals surface area contributed by atoms with Gasteiger partial charge in [0.05, 0.1) is 20.6 Å². The van der Waals surface area contributed by atoms with Crippen molar-refractivity contribution in [2.45, 2.75) is 6.92 Å². The molecule has 0 fully saturated rings.